The number of amides is 2. The molecule has 0 atom stereocenters. The van der Waals surface area contributed by atoms with Crippen molar-refractivity contribution in [3.8, 4) is 0 Å². The lowest BCUT2D eigenvalue weighted by Crippen LogP contribution is -2.41. The second-order valence-corrected chi connectivity index (χ2v) is 6.41. The topological polar surface area (TPSA) is 58.2 Å². The lowest BCUT2D eigenvalue weighted by atomic mass is 9.90. The van der Waals surface area contributed by atoms with Gasteiger partial charge in [0.1, 0.15) is 11.2 Å². The van der Waals surface area contributed by atoms with Crippen LogP contribution in [0.25, 0.3) is 0 Å². The molecule has 126 valence electrons. The van der Waals surface area contributed by atoms with Crippen LogP contribution >= 0.6 is 11.6 Å². The van der Waals surface area contributed by atoms with Crippen LogP contribution in [0.15, 0.2) is 42.5 Å². The van der Waals surface area contributed by atoms with E-state index in [0.717, 1.165) is 5.56 Å². The Labute approximate surface area is 145 Å². The molecule has 2 rings (SSSR count). The van der Waals surface area contributed by atoms with Gasteiger partial charge in [-0.1, -0.05) is 17.7 Å². The Morgan fingerprint density at radius 1 is 0.958 bits per heavy atom. The molecule has 2 aromatic rings. The van der Waals surface area contributed by atoms with Gasteiger partial charge in [-0.3, -0.25) is 9.59 Å². The predicted molar refractivity (Wildman–Crippen MR) is 93.6 cm³/mol. The Bertz CT molecular complexity index is 773. The molecule has 0 saturated heterocycles. The lowest BCUT2D eigenvalue weighted by Gasteiger charge is -2.23. The van der Waals surface area contributed by atoms with E-state index >= 15 is 0 Å². The van der Waals surface area contributed by atoms with E-state index in [-0.39, 0.29) is 0 Å². The highest BCUT2D eigenvalue weighted by molar-refractivity contribution is 6.31. The van der Waals surface area contributed by atoms with Gasteiger partial charge in [-0.05, 0) is 62.7 Å². The fraction of sp³-hybridized carbons (Fsp3) is 0.222. The van der Waals surface area contributed by atoms with Gasteiger partial charge in [-0.2, -0.15) is 0 Å². The summed E-state index contributed by atoms with van der Waals surface area (Å²) < 4.78 is 12.9. The Balaban J connectivity index is 2.09. The van der Waals surface area contributed by atoms with Gasteiger partial charge in [0.2, 0.25) is 11.8 Å². The van der Waals surface area contributed by atoms with E-state index < -0.39 is 23.0 Å². The van der Waals surface area contributed by atoms with Gasteiger partial charge >= 0.3 is 0 Å². The molecule has 24 heavy (non-hydrogen) atoms. The van der Waals surface area contributed by atoms with Crippen LogP contribution in [0, 0.1) is 18.2 Å². The van der Waals surface area contributed by atoms with Crippen molar-refractivity contribution in [3.63, 3.8) is 0 Å². The van der Waals surface area contributed by atoms with Gasteiger partial charge in [0, 0.05) is 16.4 Å². The van der Waals surface area contributed by atoms with Crippen molar-refractivity contribution in [1.82, 2.24) is 0 Å². The molecule has 2 aromatic carbocycles. The largest absolute Gasteiger partial charge is 0.325 e. The Hall–Kier alpha value is -2.40. The monoisotopic (exact) mass is 348 g/mol. The summed E-state index contributed by atoms with van der Waals surface area (Å²) in [4.78, 5) is 24.8. The number of anilines is 2. The fourth-order valence-electron chi connectivity index (χ4n) is 1.88. The van der Waals surface area contributed by atoms with Crippen molar-refractivity contribution in [2.75, 3.05) is 10.6 Å². The molecule has 0 radical (unpaired) electrons. The Kier molecular flexibility index (Phi) is 5.24. The number of nitrogens with one attached hydrogen (secondary N) is 2. The number of carbonyl (C=O) groups excluding carboxylic acids is 2. The molecule has 4 nitrogen and oxygen atoms in total. The summed E-state index contributed by atoms with van der Waals surface area (Å²) in [5, 5.41) is 5.81. The normalized spacial score (nSPS) is 11.0. The van der Waals surface area contributed by atoms with Crippen LogP contribution in [0.4, 0.5) is 15.8 Å². The van der Waals surface area contributed by atoms with E-state index in [9.17, 15) is 14.0 Å². The van der Waals surface area contributed by atoms with E-state index in [1.54, 1.807) is 18.2 Å². The van der Waals surface area contributed by atoms with Gasteiger partial charge < -0.3 is 10.6 Å². The van der Waals surface area contributed by atoms with Crippen LogP contribution in [0.3, 0.4) is 0 Å². The lowest BCUT2D eigenvalue weighted by molar-refractivity contribution is -0.135. The summed E-state index contributed by atoms with van der Waals surface area (Å²) in [5.74, 6) is -1.37. The van der Waals surface area contributed by atoms with E-state index in [1.165, 1.54) is 38.1 Å². The van der Waals surface area contributed by atoms with Gasteiger partial charge in [-0.15, -0.1) is 0 Å². The summed E-state index contributed by atoms with van der Waals surface area (Å²) >= 11 is 6.03. The molecule has 0 heterocycles. The second kappa shape index (κ2) is 7.01. The average Bonchev–Trinajstić information content (AvgIpc) is 2.53. The van der Waals surface area contributed by atoms with Gasteiger partial charge in [0.25, 0.3) is 0 Å². The van der Waals surface area contributed by atoms with E-state index in [1.807, 2.05) is 6.92 Å². The molecule has 6 heteroatoms. The minimum atomic E-state index is -1.33. The number of hydrogen-bond acceptors (Lipinski definition) is 2. The number of aryl methyl sites for hydroxylation is 1. The number of carbonyl (C=O) groups is 2. The highest BCUT2D eigenvalue weighted by atomic mass is 35.5. The molecule has 0 aliphatic carbocycles. The molecule has 0 saturated carbocycles. The number of benzene rings is 2. The minimum absolute atomic E-state index is 0.402. The van der Waals surface area contributed by atoms with Crippen molar-refractivity contribution in [1.29, 1.82) is 0 Å². The third-order valence-electron chi connectivity index (χ3n) is 3.67. The molecule has 0 spiro atoms. The zero-order valence-corrected chi connectivity index (χ0v) is 14.4. The maximum atomic E-state index is 12.9. The van der Waals surface area contributed by atoms with E-state index in [2.05, 4.69) is 10.6 Å². The molecule has 0 fully saturated rings. The number of hydrogen-bond donors (Lipinski definition) is 2. The highest BCUT2D eigenvalue weighted by Gasteiger charge is 2.36. The van der Waals surface area contributed by atoms with Crippen molar-refractivity contribution in [2.24, 2.45) is 5.41 Å². The number of rotatable bonds is 4. The zero-order chi connectivity index (χ0) is 17.9. The molecule has 0 aliphatic heterocycles. The molecular formula is C18H18ClFN2O2. The Morgan fingerprint density at radius 2 is 1.46 bits per heavy atom. The first-order valence-electron chi connectivity index (χ1n) is 7.35. The second-order valence-electron chi connectivity index (χ2n) is 6.00. The number of halogens is 2. The van der Waals surface area contributed by atoms with Crippen LogP contribution in [-0.4, -0.2) is 11.8 Å². The zero-order valence-electron chi connectivity index (χ0n) is 13.6. The van der Waals surface area contributed by atoms with Crippen LogP contribution < -0.4 is 10.6 Å². The molecule has 0 aliphatic rings. The fourth-order valence-corrected chi connectivity index (χ4v) is 2.06. The summed E-state index contributed by atoms with van der Waals surface area (Å²) in [6.07, 6.45) is 0. The Morgan fingerprint density at radius 3 is 2.00 bits per heavy atom. The van der Waals surface area contributed by atoms with Crippen LogP contribution in [-0.2, 0) is 9.59 Å². The first-order valence-corrected chi connectivity index (χ1v) is 7.72. The van der Waals surface area contributed by atoms with Crippen LogP contribution in [0.2, 0.25) is 5.02 Å². The van der Waals surface area contributed by atoms with Crippen molar-refractivity contribution >= 4 is 34.8 Å². The van der Waals surface area contributed by atoms with E-state index in [4.69, 9.17) is 11.6 Å². The first kappa shape index (κ1) is 17.9. The third kappa shape index (κ3) is 4.11. The summed E-state index contributed by atoms with van der Waals surface area (Å²) in [6.45, 7) is 4.88. The smallest absolute Gasteiger partial charge is 0.239 e. The van der Waals surface area contributed by atoms with Crippen molar-refractivity contribution < 1.29 is 14.0 Å². The van der Waals surface area contributed by atoms with Crippen LogP contribution in [0.1, 0.15) is 19.4 Å². The SMILES string of the molecule is Cc1ccc(NC(=O)C(C)(C)C(=O)Nc2ccc(F)cc2)cc1Cl. The van der Waals surface area contributed by atoms with Gasteiger partial charge in [0.05, 0.1) is 0 Å². The summed E-state index contributed by atoms with van der Waals surface area (Å²) in [6, 6.07) is 10.5. The summed E-state index contributed by atoms with van der Waals surface area (Å²) in [5.41, 5.74) is 0.494. The molecule has 2 N–H and O–H groups in total. The first-order chi connectivity index (χ1) is 11.2. The molecule has 0 bridgehead atoms. The summed E-state index contributed by atoms with van der Waals surface area (Å²) in [7, 11) is 0. The predicted octanol–water partition coefficient (Wildman–Crippen LogP) is 4.39. The average molecular weight is 349 g/mol. The molecular weight excluding hydrogens is 331 g/mol. The molecule has 0 aromatic heterocycles. The molecule has 0 unspecified atom stereocenters. The van der Waals surface area contributed by atoms with Crippen LogP contribution in [0.5, 0.6) is 0 Å². The highest BCUT2D eigenvalue weighted by Crippen LogP contribution is 2.24. The standard InChI is InChI=1S/C18H18ClFN2O2/c1-11-4-7-14(10-15(11)19)22-17(24)18(2,3)16(23)21-13-8-5-12(20)6-9-13/h4-10H,1-3H3,(H,21,23)(H,22,24). The van der Waals surface area contributed by atoms with E-state index in [0.29, 0.717) is 16.4 Å². The minimum Gasteiger partial charge on any atom is -0.325 e. The third-order valence-corrected chi connectivity index (χ3v) is 4.07. The quantitative estimate of drug-likeness (QED) is 0.805. The maximum Gasteiger partial charge on any atom is 0.239 e. The van der Waals surface area contributed by atoms with Crippen molar-refractivity contribution in [2.45, 2.75) is 20.8 Å². The van der Waals surface area contributed by atoms with Crippen molar-refractivity contribution in [3.05, 3.63) is 58.9 Å². The van der Waals surface area contributed by atoms with Gasteiger partial charge in [0.15, 0.2) is 0 Å². The molecule has 2 amide bonds. The van der Waals surface area contributed by atoms with Gasteiger partial charge in [-0.25, -0.2) is 4.39 Å². The maximum absolute atomic E-state index is 12.9.